The van der Waals surface area contributed by atoms with Crippen LogP contribution in [0.15, 0.2) is 180 Å². The van der Waals surface area contributed by atoms with Crippen LogP contribution in [0.3, 0.4) is 0 Å². The van der Waals surface area contributed by atoms with Gasteiger partial charge in [-0.25, -0.2) is 4.98 Å². The lowest BCUT2D eigenvalue weighted by Gasteiger charge is -2.52. The maximum absolute atomic E-state index is 6.78. The number of anilines is 5. The van der Waals surface area contributed by atoms with Crippen molar-refractivity contribution < 1.29 is 4.74 Å². The molecule has 9 aromatic rings. The van der Waals surface area contributed by atoms with E-state index in [9.17, 15) is 0 Å². The van der Waals surface area contributed by atoms with Crippen molar-refractivity contribution in [2.24, 2.45) is 0 Å². The number of fused-ring (bicyclic) bond motifs is 3. The first kappa shape index (κ1) is 40.1. The predicted molar refractivity (Wildman–Crippen MR) is 278 cm³/mol. The third kappa shape index (κ3) is 6.00. The molecule has 0 radical (unpaired) electrons. The van der Waals surface area contributed by atoms with Crippen LogP contribution >= 0.6 is 11.8 Å². The molecular formula is C60H51N5OS. The molecule has 2 aromatic heterocycles. The standard InChI is InChI=1S/C60H51N5OS/c1-58(2,3)39-26-27-61-54(31-39)64-50-25-22-38(37-14-9-8-10-15-37)30-45(50)44-24-23-43(35-51(44)64)66-42-17-11-16-40(32-42)62-28-29-63(36-62)41-33-48-55-49(34-41)60(6,7)47-19-13-21-53-57(47)65(55)56-46(59(48,4)5)18-12-20-52(56)67-53/h8-35H,36H2,1-7H3. The fourth-order valence-electron chi connectivity index (χ4n) is 11.1. The van der Waals surface area contributed by atoms with Gasteiger partial charge in [-0.05, 0) is 117 Å². The topological polar surface area (TPSA) is 36.8 Å². The van der Waals surface area contributed by atoms with Crippen LogP contribution in [0, 0.1) is 0 Å². The second-order valence-corrected chi connectivity index (χ2v) is 21.7. The quantitative estimate of drug-likeness (QED) is 0.166. The molecule has 0 saturated heterocycles. The molecule has 0 spiro atoms. The molecule has 0 saturated carbocycles. The molecule has 4 aliphatic heterocycles. The van der Waals surface area contributed by atoms with Gasteiger partial charge < -0.3 is 19.4 Å². The van der Waals surface area contributed by atoms with Gasteiger partial charge in [0.1, 0.15) is 17.3 Å². The van der Waals surface area contributed by atoms with E-state index in [1.165, 1.54) is 76.9 Å². The van der Waals surface area contributed by atoms with Crippen molar-refractivity contribution in [1.82, 2.24) is 9.55 Å². The fourth-order valence-corrected chi connectivity index (χ4v) is 12.3. The van der Waals surface area contributed by atoms with Crippen LogP contribution < -0.4 is 19.4 Å². The highest BCUT2D eigenvalue weighted by molar-refractivity contribution is 7.99. The third-order valence-electron chi connectivity index (χ3n) is 14.8. The zero-order valence-corrected chi connectivity index (χ0v) is 39.7. The monoisotopic (exact) mass is 889 g/mol. The summed E-state index contributed by atoms with van der Waals surface area (Å²) < 4.78 is 9.06. The largest absolute Gasteiger partial charge is 0.457 e. The number of nitrogens with zero attached hydrogens (tertiary/aromatic N) is 5. The molecule has 67 heavy (non-hydrogen) atoms. The van der Waals surface area contributed by atoms with E-state index in [1.54, 1.807) is 0 Å². The van der Waals surface area contributed by atoms with E-state index < -0.39 is 0 Å². The molecular weight excluding hydrogens is 839 g/mol. The van der Waals surface area contributed by atoms with Crippen molar-refractivity contribution in [1.29, 1.82) is 0 Å². The Morgan fingerprint density at radius 2 is 1.21 bits per heavy atom. The van der Waals surface area contributed by atoms with Gasteiger partial charge in [0.15, 0.2) is 0 Å². The van der Waals surface area contributed by atoms with Gasteiger partial charge in [-0.1, -0.05) is 127 Å². The molecule has 13 rings (SSSR count). The van der Waals surface area contributed by atoms with Gasteiger partial charge in [0.2, 0.25) is 0 Å². The normalized spacial score (nSPS) is 16.0. The van der Waals surface area contributed by atoms with Crippen molar-refractivity contribution in [2.75, 3.05) is 21.4 Å². The summed E-state index contributed by atoms with van der Waals surface area (Å²) in [4.78, 5) is 14.9. The molecule has 0 fully saturated rings. The lowest BCUT2D eigenvalue weighted by atomic mass is 9.66. The van der Waals surface area contributed by atoms with Gasteiger partial charge in [-0.3, -0.25) is 4.57 Å². The molecule has 0 atom stereocenters. The minimum atomic E-state index is -0.188. The van der Waals surface area contributed by atoms with Crippen LogP contribution in [0.1, 0.15) is 76.3 Å². The van der Waals surface area contributed by atoms with E-state index in [0.29, 0.717) is 6.67 Å². The summed E-state index contributed by atoms with van der Waals surface area (Å²) in [6, 6.07) is 55.3. The minimum Gasteiger partial charge on any atom is -0.457 e. The highest BCUT2D eigenvalue weighted by Crippen LogP contribution is 2.66. The lowest BCUT2D eigenvalue weighted by molar-refractivity contribution is 0.483. The number of ether oxygens (including phenoxy) is 1. The van der Waals surface area contributed by atoms with Gasteiger partial charge >= 0.3 is 0 Å². The number of hydrogen-bond donors (Lipinski definition) is 0. The van der Waals surface area contributed by atoms with E-state index in [2.05, 4.69) is 226 Å². The number of pyridine rings is 1. The summed E-state index contributed by atoms with van der Waals surface area (Å²) in [6.07, 6.45) is 6.35. The van der Waals surface area contributed by atoms with Crippen LogP contribution in [-0.2, 0) is 16.2 Å². The summed E-state index contributed by atoms with van der Waals surface area (Å²) in [7, 11) is 0. The van der Waals surface area contributed by atoms with E-state index >= 15 is 0 Å². The molecule has 0 amide bonds. The Labute approximate surface area is 396 Å². The zero-order chi connectivity index (χ0) is 45.6. The Hall–Kier alpha value is -7.22. The average molecular weight is 890 g/mol. The predicted octanol–water partition coefficient (Wildman–Crippen LogP) is 15.9. The summed E-state index contributed by atoms with van der Waals surface area (Å²) in [5.74, 6) is 2.44. The minimum absolute atomic E-state index is 0.0236. The first-order valence-corrected chi connectivity index (χ1v) is 24.2. The number of benzene rings is 7. The van der Waals surface area contributed by atoms with E-state index in [-0.39, 0.29) is 16.2 Å². The second kappa shape index (κ2) is 14.1. The Morgan fingerprint density at radius 1 is 0.537 bits per heavy atom. The SMILES string of the molecule is CC(C)(C)c1ccnc(-n2c3ccc(-c4ccccc4)cc3c3ccc(Oc4cccc(N5C=CN(c6cc7c8c(c6)C(C)(C)c6cccc9c6N8c6c(cccc6C7(C)C)S9)C5)c4)cc32)c1. The molecule has 7 heteroatoms. The highest BCUT2D eigenvalue weighted by Gasteiger charge is 2.49. The maximum Gasteiger partial charge on any atom is 0.137 e. The Kier molecular flexibility index (Phi) is 8.46. The first-order chi connectivity index (χ1) is 32.3. The van der Waals surface area contributed by atoms with Crippen LogP contribution in [0.2, 0.25) is 0 Å². The third-order valence-corrected chi connectivity index (χ3v) is 15.9. The van der Waals surface area contributed by atoms with Crippen LogP contribution in [0.4, 0.5) is 28.4 Å². The van der Waals surface area contributed by atoms with Crippen molar-refractivity contribution in [3.8, 4) is 28.4 Å². The second-order valence-electron chi connectivity index (χ2n) is 20.6. The Bertz CT molecular complexity index is 3490. The smallest absolute Gasteiger partial charge is 0.137 e. The number of aromatic nitrogens is 2. The highest BCUT2D eigenvalue weighted by atomic mass is 32.2. The molecule has 6 nitrogen and oxygen atoms in total. The molecule has 0 unspecified atom stereocenters. The molecule has 6 heterocycles. The fraction of sp³-hybridized carbons (Fsp3) is 0.183. The van der Waals surface area contributed by atoms with Crippen molar-refractivity contribution >= 4 is 62.0 Å². The van der Waals surface area contributed by atoms with Gasteiger partial charge in [0.05, 0.1) is 34.8 Å². The number of para-hydroxylation sites is 2. The van der Waals surface area contributed by atoms with Crippen LogP contribution in [0.5, 0.6) is 11.5 Å². The zero-order valence-electron chi connectivity index (χ0n) is 38.9. The Balaban J connectivity index is 0.838. The molecule has 0 bridgehead atoms. The number of hydrogen-bond acceptors (Lipinski definition) is 6. The molecule has 0 aliphatic carbocycles. The van der Waals surface area contributed by atoms with Crippen molar-refractivity contribution in [2.45, 2.75) is 74.5 Å². The summed E-state index contributed by atoms with van der Waals surface area (Å²) in [5.41, 5.74) is 17.2. The maximum atomic E-state index is 6.78. The molecule has 4 aliphatic rings. The van der Waals surface area contributed by atoms with E-state index in [1.807, 2.05) is 24.0 Å². The molecule has 328 valence electrons. The van der Waals surface area contributed by atoms with Crippen LogP contribution in [-0.4, -0.2) is 16.2 Å². The average Bonchev–Trinajstić information content (AvgIpc) is 3.95. The summed E-state index contributed by atoms with van der Waals surface area (Å²) in [5, 5.41) is 2.33. The lowest BCUT2D eigenvalue weighted by Crippen LogP contribution is -2.40. The Morgan fingerprint density at radius 3 is 1.91 bits per heavy atom. The summed E-state index contributed by atoms with van der Waals surface area (Å²) >= 11 is 1.92. The summed E-state index contributed by atoms with van der Waals surface area (Å²) in [6.45, 7) is 17.1. The van der Waals surface area contributed by atoms with Gasteiger partial charge in [-0.15, -0.1) is 0 Å². The van der Waals surface area contributed by atoms with Gasteiger partial charge in [-0.2, -0.15) is 0 Å². The molecule has 7 aromatic carbocycles. The van der Waals surface area contributed by atoms with E-state index in [0.717, 1.165) is 39.4 Å². The van der Waals surface area contributed by atoms with Gasteiger partial charge in [0.25, 0.3) is 0 Å². The van der Waals surface area contributed by atoms with Crippen LogP contribution in [0.25, 0.3) is 38.8 Å². The van der Waals surface area contributed by atoms with Crippen molar-refractivity contribution in [3.05, 3.63) is 198 Å². The number of rotatable bonds is 6. The van der Waals surface area contributed by atoms with Gasteiger partial charge in [0, 0.05) is 73.5 Å². The molecule has 0 N–H and O–H groups in total. The van der Waals surface area contributed by atoms with E-state index in [4.69, 9.17) is 9.72 Å². The first-order valence-electron chi connectivity index (χ1n) is 23.4. The van der Waals surface area contributed by atoms with Crippen molar-refractivity contribution in [3.63, 3.8) is 0 Å².